The van der Waals surface area contributed by atoms with Gasteiger partial charge in [-0.25, -0.2) is 16.8 Å². The molecule has 0 bridgehead atoms. The molecule has 0 aromatic heterocycles. The topological polar surface area (TPSA) is 122 Å². The van der Waals surface area contributed by atoms with Crippen molar-refractivity contribution >= 4 is 30.6 Å². The largest absolute Gasteiger partial charge is 0.491 e. The molecule has 2 aliphatic rings. The van der Waals surface area contributed by atoms with Crippen LogP contribution in [0.2, 0.25) is 0 Å². The monoisotopic (exact) mass is 588 g/mol. The molecule has 2 saturated heterocycles. The lowest BCUT2D eigenvalue weighted by atomic mass is 9.88. The van der Waals surface area contributed by atoms with Gasteiger partial charge in [-0.2, -0.15) is 4.31 Å². The van der Waals surface area contributed by atoms with Gasteiger partial charge < -0.3 is 19.9 Å². The van der Waals surface area contributed by atoms with Crippen LogP contribution in [0.1, 0.15) is 26.2 Å². The highest BCUT2D eigenvalue weighted by molar-refractivity contribution is 7.91. The molecule has 0 unspecified atom stereocenters. The second-order valence-corrected chi connectivity index (χ2v) is 14.8. The molecular formula is C29H36N2O7S2. The molecule has 0 aliphatic carbocycles. The Bertz CT molecular complexity index is 1550. The molecule has 9 nitrogen and oxygen atoms in total. The third-order valence-electron chi connectivity index (χ3n) is 7.83. The van der Waals surface area contributed by atoms with Crippen molar-refractivity contribution in [3.63, 3.8) is 0 Å². The number of nitrogens with zero attached hydrogens (tertiary/aromatic N) is 1. The van der Waals surface area contributed by atoms with E-state index >= 15 is 0 Å². The molecular weight excluding hydrogens is 552 g/mol. The van der Waals surface area contributed by atoms with E-state index in [-0.39, 0.29) is 28.9 Å². The Morgan fingerprint density at radius 2 is 1.75 bits per heavy atom. The molecule has 40 heavy (non-hydrogen) atoms. The van der Waals surface area contributed by atoms with Gasteiger partial charge in [0.05, 0.1) is 27.8 Å². The quantitative estimate of drug-likeness (QED) is 0.371. The SMILES string of the molecule is CCS(=O)(=O)c1cccc(OC[C@@H](O)CN[C@@H]2COC3(CCN(S(=O)(=O)c4ccc5ccccc5c4)CC3)C2)c1. The number of fused-ring (bicyclic) bond motifs is 1. The number of hydrogen-bond acceptors (Lipinski definition) is 8. The van der Waals surface area contributed by atoms with Crippen LogP contribution in [0.25, 0.3) is 10.8 Å². The van der Waals surface area contributed by atoms with E-state index in [0.717, 1.165) is 17.2 Å². The second-order valence-electron chi connectivity index (χ2n) is 10.6. The van der Waals surface area contributed by atoms with E-state index in [9.17, 15) is 21.9 Å². The fraction of sp³-hybridized carbons (Fsp3) is 0.448. The van der Waals surface area contributed by atoms with Gasteiger partial charge in [0.1, 0.15) is 18.5 Å². The Balaban J connectivity index is 1.09. The molecule has 3 aromatic rings. The van der Waals surface area contributed by atoms with Gasteiger partial charge in [-0.05, 0) is 60.4 Å². The zero-order valence-corrected chi connectivity index (χ0v) is 24.2. The van der Waals surface area contributed by atoms with Crippen molar-refractivity contribution in [2.24, 2.45) is 0 Å². The van der Waals surface area contributed by atoms with E-state index in [4.69, 9.17) is 9.47 Å². The Labute approximate surface area is 236 Å². The summed E-state index contributed by atoms with van der Waals surface area (Å²) in [6, 6.07) is 19.3. The zero-order chi connectivity index (χ0) is 28.4. The summed E-state index contributed by atoms with van der Waals surface area (Å²) in [7, 11) is -6.93. The van der Waals surface area contributed by atoms with Crippen molar-refractivity contribution in [2.45, 2.75) is 53.7 Å². The van der Waals surface area contributed by atoms with E-state index in [1.807, 2.05) is 30.3 Å². The lowest BCUT2D eigenvalue weighted by Gasteiger charge is -2.38. The Morgan fingerprint density at radius 3 is 2.50 bits per heavy atom. The first-order valence-electron chi connectivity index (χ1n) is 13.6. The average molecular weight is 589 g/mol. The third-order valence-corrected chi connectivity index (χ3v) is 11.5. The van der Waals surface area contributed by atoms with E-state index in [0.29, 0.717) is 49.7 Å². The van der Waals surface area contributed by atoms with Gasteiger partial charge >= 0.3 is 0 Å². The van der Waals surface area contributed by atoms with Crippen LogP contribution < -0.4 is 10.1 Å². The predicted octanol–water partition coefficient (Wildman–Crippen LogP) is 2.98. The average Bonchev–Trinajstić information content (AvgIpc) is 3.37. The summed E-state index contributed by atoms with van der Waals surface area (Å²) < 4.78 is 64.2. The van der Waals surface area contributed by atoms with Crippen LogP contribution >= 0.6 is 0 Å². The van der Waals surface area contributed by atoms with Crippen molar-refractivity contribution in [2.75, 3.05) is 38.6 Å². The van der Waals surface area contributed by atoms with Crippen LogP contribution in [0.3, 0.4) is 0 Å². The van der Waals surface area contributed by atoms with Crippen molar-refractivity contribution in [3.8, 4) is 5.75 Å². The lowest BCUT2D eigenvalue weighted by molar-refractivity contribution is -0.0312. The fourth-order valence-electron chi connectivity index (χ4n) is 5.41. The van der Waals surface area contributed by atoms with Crippen molar-refractivity contribution < 1.29 is 31.4 Å². The maximum atomic E-state index is 13.3. The van der Waals surface area contributed by atoms with Gasteiger partial charge in [0.15, 0.2) is 9.84 Å². The molecule has 2 N–H and O–H groups in total. The summed E-state index contributed by atoms with van der Waals surface area (Å²) in [6.45, 7) is 3.17. The number of aliphatic hydroxyl groups excluding tert-OH is 1. The van der Waals surface area contributed by atoms with Gasteiger partial charge in [-0.15, -0.1) is 0 Å². The van der Waals surface area contributed by atoms with Gasteiger partial charge in [0, 0.05) is 25.7 Å². The highest BCUT2D eigenvalue weighted by Gasteiger charge is 2.44. The number of nitrogens with one attached hydrogen (secondary N) is 1. The predicted molar refractivity (Wildman–Crippen MR) is 153 cm³/mol. The molecule has 0 amide bonds. The van der Waals surface area contributed by atoms with E-state index in [1.54, 1.807) is 35.5 Å². The van der Waals surface area contributed by atoms with Gasteiger partial charge in [0.25, 0.3) is 0 Å². The minimum absolute atomic E-state index is 0.00619. The van der Waals surface area contributed by atoms with Gasteiger partial charge in [-0.3, -0.25) is 0 Å². The summed E-state index contributed by atoms with van der Waals surface area (Å²) in [6.07, 6.45) is 1.17. The Morgan fingerprint density at radius 1 is 1.00 bits per heavy atom. The van der Waals surface area contributed by atoms with Gasteiger partial charge in [-0.1, -0.05) is 43.3 Å². The van der Waals surface area contributed by atoms with Crippen molar-refractivity contribution in [3.05, 3.63) is 66.7 Å². The van der Waals surface area contributed by atoms with E-state index in [2.05, 4.69) is 5.32 Å². The maximum absolute atomic E-state index is 13.3. The first-order chi connectivity index (χ1) is 19.1. The molecule has 2 aliphatic heterocycles. The van der Waals surface area contributed by atoms with Crippen LogP contribution in [0, 0.1) is 0 Å². The molecule has 216 valence electrons. The Hall–Kier alpha value is -2.54. The first-order valence-corrected chi connectivity index (χ1v) is 16.7. The highest BCUT2D eigenvalue weighted by Crippen LogP contribution is 2.37. The second kappa shape index (κ2) is 11.8. The van der Waals surface area contributed by atoms with Crippen molar-refractivity contribution in [1.29, 1.82) is 0 Å². The number of rotatable bonds is 10. The van der Waals surface area contributed by atoms with Crippen LogP contribution in [0.5, 0.6) is 5.75 Å². The molecule has 0 radical (unpaired) electrons. The lowest BCUT2D eigenvalue weighted by Crippen LogP contribution is -2.47. The van der Waals surface area contributed by atoms with Crippen LogP contribution in [0.4, 0.5) is 0 Å². The molecule has 2 fully saturated rings. The molecule has 1 spiro atoms. The standard InChI is InChI=1S/C29H36N2O7S2/c1-2-39(33,34)27-9-5-8-26(17-27)37-21-25(32)19-30-24-18-29(38-20-24)12-14-31(15-13-29)40(35,36)28-11-10-22-6-3-4-7-23(22)16-28/h3-11,16-17,24-25,30,32H,2,12-15,18-21H2,1H3/t24-,25-/m0/s1. The Kier molecular flexibility index (Phi) is 8.51. The molecule has 5 rings (SSSR count). The number of hydrogen-bond donors (Lipinski definition) is 2. The minimum Gasteiger partial charge on any atom is -0.491 e. The van der Waals surface area contributed by atoms with E-state index in [1.165, 1.54) is 12.1 Å². The van der Waals surface area contributed by atoms with Crippen LogP contribution in [0.15, 0.2) is 76.5 Å². The number of benzene rings is 3. The van der Waals surface area contributed by atoms with Crippen LogP contribution in [-0.4, -0.2) is 82.6 Å². The maximum Gasteiger partial charge on any atom is 0.243 e. The first kappa shape index (κ1) is 29.0. The highest BCUT2D eigenvalue weighted by atomic mass is 32.2. The fourth-order valence-corrected chi connectivity index (χ4v) is 7.81. The van der Waals surface area contributed by atoms with Crippen molar-refractivity contribution in [1.82, 2.24) is 9.62 Å². The molecule has 2 heterocycles. The smallest absolute Gasteiger partial charge is 0.243 e. The number of aliphatic hydroxyl groups is 1. The van der Waals surface area contributed by atoms with E-state index < -0.39 is 26.0 Å². The number of sulfone groups is 1. The summed E-state index contributed by atoms with van der Waals surface area (Å²) in [5.41, 5.74) is -0.375. The van der Waals surface area contributed by atoms with Gasteiger partial charge in [0.2, 0.25) is 10.0 Å². The normalized spacial score (nSPS) is 20.6. The number of piperidine rings is 1. The zero-order valence-electron chi connectivity index (χ0n) is 22.5. The number of ether oxygens (including phenoxy) is 2. The third kappa shape index (κ3) is 6.35. The summed E-state index contributed by atoms with van der Waals surface area (Å²) in [5, 5.41) is 15.7. The summed E-state index contributed by atoms with van der Waals surface area (Å²) in [5.74, 6) is 0.397. The van der Waals surface area contributed by atoms with Crippen LogP contribution in [-0.2, 0) is 24.6 Å². The minimum atomic E-state index is -3.59. The molecule has 0 saturated carbocycles. The number of sulfonamides is 1. The molecule has 11 heteroatoms. The summed E-state index contributed by atoms with van der Waals surface area (Å²) >= 11 is 0. The molecule has 2 atom stereocenters. The molecule has 3 aromatic carbocycles. The summed E-state index contributed by atoms with van der Waals surface area (Å²) in [4.78, 5) is 0.508.